The van der Waals surface area contributed by atoms with E-state index in [2.05, 4.69) is 15.3 Å². The molecule has 4 aromatic carbocycles. The average Bonchev–Trinajstić information content (AvgIpc) is 3.34. The normalized spacial score (nSPS) is 11.6. The highest BCUT2D eigenvalue weighted by atomic mass is 32.2. The van der Waals surface area contributed by atoms with Crippen LogP contribution in [0.2, 0.25) is 0 Å². The molecule has 0 aliphatic carbocycles. The average molecular weight is 497 g/mol. The predicted octanol–water partition coefficient (Wildman–Crippen LogP) is 5.30. The van der Waals surface area contributed by atoms with Crippen molar-refractivity contribution in [3.8, 4) is 11.4 Å². The molecule has 0 saturated heterocycles. The Morgan fingerprint density at radius 2 is 1.53 bits per heavy atom. The van der Waals surface area contributed by atoms with Crippen molar-refractivity contribution >= 4 is 32.7 Å². The molecule has 0 aliphatic rings. The van der Waals surface area contributed by atoms with Gasteiger partial charge in [0.1, 0.15) is 5.82 Å². The number of nitrogens with one attached hydrogen (secondary N) is 2. The van der Waals surface area contributed by atoms with E-state index in [9.17, 15) is 13.2 Å². The zero-order chi connectivity index (χ0) is 25.1. The van der Waals surface area contributed by atoms with E-state index in [4.69, 9.17) is 0 Å². The third-order valence-electron chi connectivity index (χ3n) is 5.88. The monoisotopic (exact) mass is 496 g/mol. The lowest BCUT2D eigenvalue weighted by molar-refractivity contribution is 0.102. The molecule has 0 spiro atoms. The summed E-state index contributed by atoms with van der Waals surface area (Å²) >= 11 is 0. The Balaban J connectivity index is 1.25. The minimum atomic E-state index is -3.69. The maximum Gasteiger partial charge on any atom is 0.255 e. The minimum Gasteiger partial charge on any atom is -0.338 e. The Bertz CT molecular complexity index is 1580. The van der Waals surface area contributed by atoms with Crippen LogP contribution in [0.1, 0.15) is 15.9 Å². The van der Waals surface area contributed by atoms with Crippen LogP contribution in [0.15, 0.2) is 108 Å². The fourth-order valence-corrected chi connectivity index (χ4v) is 5.05. The zero-order valence-electron chi connectivity index (χ0n) is 19.5. The summed E-state index contributed by atoms with van der Waals surface area (Å²) < 4.78 is 27.2. The molecular weight excluding hydrogens is 472 g/mol. The van der Waals surface area contributed by atoms with Gasteiger partial charge in [-0.3, -0.25) is 4.79 Å². The molecule has 0 unspecified atom stereocenters. The summed E-state index contributed by atoms with van der Waals surface area (Å²) in [6.07, 6.45) is 0. The zero-order valence-corrected chi connectivity index (χ0v) is 20.4. The second-order valence-electron chi connectivity index (χ2n) is 8.41. The Morgan fingerprint density at radius 3 is 2.22 bits per heavy atom. The van der Waals surface area contributed by atoms with Gasteiger partial charge >= 0.3 is 0 Å². The van der Waals surface area contributed by atoms with Gasteiger partial charge in [-0.05, 0) is 66.2 Å². The van der Waals surface area contributed by atoms with E-state index in [1.165, 1.54) is 35.6 Å². The first kappa shape index (κ1) is 23.5. The highest BCUT2D eigenvalue weighted by Gasteiger charge is 2.21. The van der Waals surface area contributed by atoms with Gasteiger partial charge in [0.05, 0.1) is 15.9 Å². The fourth-order valence-electron chi connectivity index (χ4n) is 3.89. The van der Waals surface area contributed by atoms with E-state index in [1.807, 2.05) is 66.7 Å². The summed E-state index contributed by atoms with van der Waals surface area (Å²) in [6.45, 7) is 0.259. The van der Waals surface area contributed by atoms with Gasteiger partial charge in [0.25, 0.3) is 5.91 Å². The molecule has 0 fully saturated rings. The number of hydrogen-bond acceptors (Lipinski definition) is 4. The van der Waals surface area contributed by atoms with Crippen LogP contribution < -0.4 is 5.32 Å². The van der Waals surface area contributed by atoms with Gasteiger partial charge in [-0.1, -0.05) is 42.5 Å². The maximum absolute atomic E-state index is 12.9. The number of anilines is 1. The molecule has 0 atom stereocenters. The molecule has 5 rings (SSSR count). The molecular formula is C28H24N4O3S. The van der Waals surface area contributed by atoms with Crippen LogP contribution in [0.5, 0.6) is 0 Å². The summed E-state index contributed by atoms with van der Waals surface area (Å²) in [4.78, 5) is 20.7. The number of carbonyl (C=O) groups excluding carboxylic acids is 1. The number of para-hydroxylation sites is 2. The van der Waals surface area contributed by atoms with E-state index in [1.54, 1.807) is 12.1 Å². The Morgan fingerprint density at radius 1 is 0.861 bits per heavy atom. The number of carbonyl (C=O) groups is 1. The van der Waals surface area contributed by atoms with E-state index in [0.29, 0.717) is 11.3 Å². The first-order valence-electron chi connectivity index (χ1n) is 11.4. The summed E-state index contributed by atoms with van der Waals surface area (Å²) in [5.74, 6) is 0.427. The van der Waals surface area contributed by atoms with Crippen molar-refractivity contribution in [1.82, 2.24) is 14.3 Å². The second kappa shape index (κ2) is 9.77. The molecule has 5 aromatic rings. The standard InChI is InChI=1S/C28H24N4O3S/c1-32(19-20-7-3-2-4-8-20)36(34,35)24-17-13-22(14-18-24)28(33)29-23-15-11-21(12-16-23)27-30-25-9-5-6-10-26(25)31-27/h2-18H,19H2,1H3,(H,29,33)(H,30,31). The third-order valence-corrected chi connectivity index (χ3v) is 7.70. The number of sulfonamides is 1. The van der Waals surface area contributed by atoms with Gasteiger partial charge in [0, 0.05) is 30.4 Å². The first-order chi connectivity index (χ1) is 17.4. The molecule has 8 heteroatoms. The lowest BCUT2D eigenvalue weighted by atomic mass is 10.1. The van der Waals surface area contributed by atoms with Gasteiger partial charge in [0.2, 0.25) is 10.0 Å². The quantitative estimate of drug-likeness (QED) is 0.320. The van der Waals surface area contributed by atoms with Crippen molar-refractivity contribution in [3.63, 3.8) is 0 Å². The molecule has 0 aliphatic heterocycles. The molecule has 1 heterocycles. The lowest BCUT2D eigenvalue weighted by Gasteiger charge is -2.17. The summed E-state index contributed by atoms with van der Waals surface area (Å²) in [5, 5.41) is 2.85. The highest BCUT2D eigenvalue weighted by molar-refractivity contribution is 7.89. The van der Waals surface area contributed by atoms with Crippen LogP contribution in [0.25, 0.3) is 22.4 Å². The number of aromatic nitrogens is 2. The number of H-pyrrole nitrogens is 1. The van der Waals surface area contributed by atoms with Crippen molar-refractivity contribution < 1.29 is 13.2 Å². The number of aromatic amines is 1. The van der Waals surface area contributed by atoms with Crippen LogP contribution in [0.3, 0.4) is 0 Å². The summed E-state index contributed by atoms with van der Waals surface area (Å²) in [6, 6.07) is 30.5. The van der Waals surface area contributed by atoms with E-state index in [-0.39, 0.29) is 17.3 Å². The van der Waals surface area contributed by atoms with Crippen molar-refractivity contribution in [2.45, 2.75) is 11.4 Å². The SMILES string of the molecule is CN(Cc1ccccc1)S(=O)(=O)c1ccc(C(=O)Nc2ccc(-c3nc4ccccc4[nH]3)cc2)cc1. The van der Waals surface area contributed by atoms with Gasteiger partial charge in [-0.25, -0.2) is 13.4 Å². The van der Waals surface area contributed by atoms with E-state index in [0.717, 1.165) is 28.0 Å². The largest absolute Gasteiger partial charge is 0.338 e. The van der Waals surface area contributed by atoms with Crippen molar-refractivity contribution in [2.24, 2.45) is 0 Å². The van der Waals surface area contributed by atoms with Crippen molar-refractivity contribution in [1.29, 1.82) is 0 Å². The van der Waals surface area contributed by atoms with Gasteiger partial charge in [0.15, 0.2) is 0 Å². The van der Waals surface area contributed by atoms with Gasteiger partial charge < -0.3 is 10.3 Å². The topological polar surface area (TPSA) is 95.2 Å². The van der Waals surface area contributed by atoms with Crippen LogP contribution >= 0.6 is 0 Å². The smallest absolute Gasteiger partial charge is 0.255 e. The highest BCUT2D eigenvalue weighted by Crippen LogP contribution is 2.23. The van der Waals surface area contributed by atoms with Crippen LogP contribution in [-0.2, 0) is 16.6 Å². The van der Waals surface area contributed by atoms with Crippen LogP contribution in [0.4, 0.5) is 5.69 Å². The number of benzene rings is 4. The van der Waals surface area contributed by atoms with E-state index < -0.39 is 10.0 Å². The van der Waals surface area contributed by atoms with Crippen molar-refractivity contribution in [2.75, 3.05) is 12.4 Å². The van der Waals surface area contributed by atoms with Crippen molar-refractivity contribution in [3.05, 3.63) is 114 Å². The molecule has 2 N–H and O–H groups in total. The Hall–Kier alpha value is -4.27. The molecule has 0 saturated carbocycles. The molecule has 36 heavy (non-hydrogen) atoms. The second-order valence-corrected chi connectivity index (χ2v) is 10.4. The predicted molar refractivity (Wildman–Crippen MR) is 141 cm³/mol. The number of hydrogen-bond donors (Lipinski definition) is 2. The third kappa shape index (κ3) is 4.91. The summed E-state index contributed by atoms with van der Waals surface area (Å²) in [5.41, 5.74) is 4.63. The number of amides is 1. The first-order valence-corrected chi connectivity index (χ1v) is 12.8. The number of nitrogens with zero attached hydrogens (tertiary/aromatic N) is 2. The number of imidazole rings is 1. The number of fused-ring (bicyclic) bond motifs is 1. The van der Waals surface area contributed by atoms with Gasteiger partial charge in [-0.2, -0.15) is 4.31 Å². The van der Waals surface area contributed by atoms with E-state index >= 15 is 0 Å². The molecule has 1 aromatic heterocycles. The minimum absolute atomic E-state index is 0.132. The van der Waals surface area contributed by atoms with Crippen LogP contribution in [-0.4, -0.2) is 35.6 Å². The molecule has 0 bridgehead atoms. The fraction of sp³-hybridized carbons (Fsp3) is 0.0714. The Labute approximate surface area is 209 Å². The maximum atomic E-state index is 12.9. The Kier molecular flexibility index (Phi) is 6.37. The van der Waals surface area contributed by atoms with Gasteiger partial charge in [-0.15, -0.1) is 0 Å². The lowest BCUT2D eigenvalue weighted by Crippen LogP contribution is -2.26. The number of rotatable bonds is 7. The molecule has 1 amide bonds. The molecule has 0 radical (unpaired) electrons. The summed E-state index contributed by atoms with van der Waals surface area (Å²) in [7, 11) is -2.15. The van der Waals surface area contributed by atoms with Crippen LogP contribution in [0, 0.1) is 0 Å². The molecule has 180 valence electrons. The molecule has 7 nitrogen and oxygen atoms in total.